The number of benzene rings is 2. The lowest BCUT2D eigenvalue weighted by Crippen LogP contribution is -2.36. The van der Waals surface area contributed by atoms with Crippen LogP contribution in [-0.4, -0.2) is 18.4 Å². The van der Waals surface area contributed by atoms with E-state index in [2.05, 4.69) is 19.2 Å². The lowest BCUT2D eigenvalue weighted by atomic mass is 10.0. The Labute approximate surface area is 147 Å². The van der Waals surface area contributed by atoms with Gasteiger partial charge in [-0.2, -0.15) is 0 Å². The van der Waals surface area contributed by atoms with Crippen molar-refractivity contribution in [3.63, 3.8) is 0 Å². The minimum Gasteiger partial charge on any atom is -0.323 e. The van der Waals surface area contributed by atoms with Crippen LogP contribution in [0.3, 0.4) is 0 Å². The largest absolute Gasteiger partial charge is 0.323 e. The summed E-state index contributed by atoms with van der Waals surface area (Å²) in [5, 5.41) is 3.19. The molecule has 5 heteroatoms. The lowest BCUT2D eigenvalue weighted by Gasteiger charge is -2.21. The van der Waals surface area contributed by atoms with Crippen LogP contribution in [0.25, 0.3) is 0 Å². The van der Waals surface area contributed by atoms with Crippen LogP contribution in [-0.2, 0) is 9.59 Å². The van der Waals surface area contributed by atoms with Gasteiger partial charge in [0.25, 0.3) is 0 Å². The molecule has 0 aromatic heterocycles. The van der Waals surface area contributed by atoms with Gasteiger partial charge in [-0.3, -0.25) is 9.59 Å². The summed E-state index contributed by atoms with van der Waals surface area (Å²) in [5.41, 5.74) is 2.41. The number of anilines is 2. The average molecular weight is 345 g/mol. The number of nitrogens with zero attached hydrogens (tertiary/aromatic N) is 1. The highest BCUT2D eigenvalue weighted by Crippen LogP contribution is 2.22. The first-order chi connectivity index (χ1) is 11.4. The summed E-state index contributed by atoms with van der Waals surface area (Å²) in [7, 11) is 0. The smallest absolute Gasteiger partial charge is 0.244 e. The molecule has 1 N–H and O–H groups in total. The lowest BCUT2D eigenvalue weighted by molar-refractivity contribution is -0.120. The van der Waals surface area contributed by atoms with Gasteiger partial charge in [0.2, 0.25) is 11.8 Å². The number of carbonyl (C=O) groups excluding carboxylic acids is 2. The zero-order chi connectivity index (χ0) is 17.7. The van der Waals surface area contributed by atoms with E-state index in [1.807, 2.05) is 24.3 Å². The summed E-state index contributed by atoms with van der Waals surface area (Å²) in [6.07, 6.45) is 0. The van der Waals surface area contributed by atoms with Gasteiger partial charge >= 0.3 is 0 Å². The van der Waals surface area contributed by atoms with Crippen LogP contribution >= 0.6 is 11.6 Å². The number of nitrogens with one attached hydrogen (secondary N) is 1. The SMILES string of the molecule is CC(=O)N(CC(=O)Nc1ccccc1Cl)c1ccc(C(C)C)cc1. The van der Waals surface area contributed by atoms with Crippen LogP contribution in [0.1, 0.15) is 32.3 Å². The number of para-hydroxylation sites is 1. The maximum atomic E-state index is 12.3. The van der Waals surface area contributed by atoms with Crippen LogP contribution in [0.5, 0.6) is 0 Å². The number of hydrogen-bond donors (Lipinski definition) is 1. The summed E-state index contributed by atoms with van der Waals surface area (Å²) < 4.78 is 0. The number of hydrogen-bond acceptors (Lipinski definition) is 2. The van der Waals surface area contributed by atoms with Crippen LogP contribution in [0.2, 0.25) is 5.02 Å². The number of carbonyl (C=O) groups is 2. The Morgan fingerprint density at radius 1 is 1.08 bits per heavy atom. The first kappa shape index (κ1) is 18.0. The van der Waals surface area contributed by atoms with Gasteiger partial charge < -0.3 is 10.2 Å². The third-order valence-electron chi connectivity index (χ3n) is 3.70. The van der Waals surface area contributed by atoms with E-state index in [0.717, 1.165) is 0 Å². The van der Waals surface area contributed by atoms with Gasteiger partial charge in [0, 0.05) is 12.6 Å². The Kier molecular flexibility index (Phi) is 5.99. The van der Waals surface area contributed by atoms with Gasteiger partial charge in [-0.05, 0) is 35.7 Å². The molecule has 24 heavy (non-hydrogen) atoms. The minimum atomic E-state index is -0.300. The van der Waals surface area contributed by atoms with Gasteiger partial charge in [0.05, 0.1) is 10.7 Å². The van der Waals surface area contributed by atoms with E-state index >= 15 is 0 Å². The highest BCUT2D eigenvalue weighted by molar-refractivity contribution is 6.33. The van der Waals surface area contributed by atoms with Gasteiger partial charge in [-0.1, -0.05) is 49.7 Å². The van der Waals surface area contributed by atoms with Gasteiger partial charge in [0.15, 0.2) is 0 Å². The molecular weight excluding hydrogens is 324 g/mol. The molecule has 126 valence electrons. The highest BCUT2D eigenvalue weighted by atomic mass is 35.5. The van der Waals surface area contributed by atoms with Crippen molar-refractivity contribution in [2.75, 3.05) is 16.8 Å². The van der Waals surface area contributed by atoms with Crippen molar-refractivity contribution in [2.45, 2.75) is 26.7 Å². The standard InChI is InChI=1S/C19H21ClN2O2/c1-13(2)15-8-10-16(11-9-15)22(14(3)23)12-19(24)21-18-7-5-4-6-17(18)20/h4-11,13H,12H2,1-3H3,(H,21,24). The van der Waals surface area contributed by atoms with E-state index < -0.39 is 0 Å². The van der Waals surface area contributed by atoms with Crippen molar-refractivity contribution in [1.82, 2.24) is 0 Å². The van der Waals surface area contributed by atoms with Gasteiger partial charge in [-0.15, -0.1) is 0 Å². The topological polar surface area (TPSA) is 49.4 Å². The molecule has 0 saturated heterocycles. The highest BCUT2D eigenvalue weighted by Gasteiger charge is 2.16. The Bertz CT molecular complexity index is 726. The molecule has 0 bridgehead atoms. The summed E-state index contributed by atoms with van der Waals surface area (Å²) in [4.78, 5) is 25.6. The number of amides is 2. The minimum absolute atomic E-state index is 0.0679. The maximum absolute atomic E-state index is 12.3. The van der Waals surface area contributed by atoms with E-state index in [0.29, 0.717) is 22.3 Å². The fourth-order valence-electron chi connectivity index (χ4n) is 2.32. The van der Waals surface area contributed by atoms with Crippen molar-refractivity contribution in [1.29, 1.82) is 0 Å². The van der Waals surface area contributed by atoms with Crippen LogP contribution in [0.15, 0.2) is 48.5 Å². The Morgan fingerprint density at radius 3 is 2.25 bits per heavy atom. The average Bonchev–Trinajstić information content (AvgIpc) is 2.54. The first-order valence-electron chi connectivity index (χ1n) is 7.81. The summed E-state index contributed by atoms with van der Waals surface area (Å²) >= 11 is 6.04. The number of halogens is 1. The molecule has 0 unspecified atom stereocenters. The van der Waals surface area contributed by atoms with E-state index in [1.54, 1.807) is 24.3 Å². The molecule has 0 aliphatic carbocycles. The fourth-order valence-corrected chi connectivity index (χ4v) is 2.50. The molecule has 0 aliphatic rings. The second-order valence-electron chi connectivity index (χ2n) is 5.88. The molecule has 2 aromatic rings. The maximum Gasteiger partial charge on any atom is 0.244 e. The molecule has 0 heterocycles. The summed E-state index contributed by atoms with van der Waals surface area (Å²) in [5.74, 6) is -0.0822. The zero-order valence-electron chi connectivity index (χ0n) is 14.0. The van der Waals surface area contributed by atoms with Crippen molar-refractivity contribution in [3.05, 3.63) is 59.1 Å². The molecule has 0 aliphatic heterocycles. The molecular formula is C19H21ClN2O2. The Morgan fingerprint density at radius 2 is 1.71 bits per heavy atom. The van der Waals surface area contributed by atoms with Gasteiger partial charge in [0.1, 0.15) is 6.54 Å². The van der Waals surface area contributed by atoms with E-state index in [9.17, 15) is 9.59 Å². The molecule has 4 nitrogen and oxygen atoms in total. The van der Waals surface area contributed by atoms with Crippen molar-refractivity contribution in [2.24, 2.45) is 0 Å². The quantitative estimate of drug-likeness (QED) is 0.870. The van der Waals surface area contributed by atoms with Crippen LogP contribution < -0.4 is 10.2 Å². The molecule has 2 aromatic carbocycles. The molecule has 0 saturated carbocycles. The van der Waals surface area contributed by atoms with E-state index in [4.69, 9.17) is 11.6 Å². The Hall–Kier alpha value is -2.33. The Balaban J connectivity index is 2.12. The first-order valence-corrected chi connectivity index (χ1v) is 8.18. The van der Waals surface area contributed by atoms with Crippen molar-refractivity contribution < 1.29 is 9.59 Å². The number of rotatable bonds is 5. The monoisotopic (exact) mass is 344 g/mol. The fraction of sp³-hybridized carbons (Fsp3) is 0.263. The zero-order valence-corrected chi connectivity index (χ0v) is 14.8. The predicted molar refractivity (Wildman–Crippen MR) is 98.6 cm³/mol. The van der Waals surface area contributed by atoms with E-state index in [-0.39, 0.29) is 18.4 Å². The molecule has 0 spiro atoms. The summed E-state index contributed by atoms with van der Waals surface area (Å²) in [6.45, 7) is 5.59. The molecule has 0 atom stereocenters. The van der Waals surface area contributed by atoms with Crippen molar-refractivity contribution >= 4 is 34.8 Å². The molecule has 2 rings (SSSR count). The third-order valence-corrected chi connectivity index (χ3v) is 4.03. The second kappa shape index (κ2) is 7.97. The summed E-state index contributed by atoms with van der Waals surface area (Å²) in [6, 6.07) is 14.7. The normalized spacial score (nSPS) is 10.5. The molecule has 2 amide bonds. The predicted octanol–water partition coefficient (Wildman–Crippen LogP) is 4.46. The molecule has 0 radical (unpaired) electrons. The second-order valence-corrected chi connectivity index (χ2v) is 6.29. The third kappa shape index (κ3) is 4.59. The van der Waals surface area contributed by atoms with Crippen LogP contribution in [0, 0.1) is 0 Å². The molecule has 0 fully saturated rings. The van der Waals surface area contributed by atoms with Crippen LogP contribution in [0.4, 0.5) is 11.4 Å². The van der Waals surface area contributed by atoms with Crippen molar-refractivity contribution in [3.8, 4) is 0 Å². The van der Waals surface area contributed by atoms with Gasteiger partial charge in [-0.25, -0.2) is 0 Å². The van der Waals surface area contributed by atoms with E-state index in [1.165, 1.54) is 17.4 Å².